The molecule has 1 fully saturated rings. The predicted octanol–water partition coefficient (Wildman–Crippen LogP) is 2.33. The third kappa shape index (κ3) is 2.23. The van der Waals surface area contributed by atoms with Gasteiger partial charge in [0.2, 0.25) is 6.29 Å². The summed E-state index contributed by atoms with van der Waals surface area (Å²) in [5.41, 5.74) is 7.76. The number of nitrogens with two attached hydrogens (primary N) is 1. The summed E-state index contributed by atoms with van der Waals surface area (Å²) in [4.78, 5) is 2.39. The van der Waals surface area contributed by atoms with Crippen molar-refractivity contribution in [2.45, 2.75) is 19.1 Å². The van der Waals surface area contributed by atoms with E-state index in [0.717, 1.165) is 31.6 Å². The molecule has 0 aliphatic carbocycles. The first-order valence-corrected chi connectivity index (χ1v) is 6.39. The van der Waals surface area contributed by atoms with Gasteiger partial charge in [0.05, 0.1) is 0 Å². The third-order valence-corrected chi connectivity index (χ3v) is 3.66. The van der Waals surface area contributed by atoms with E-state index in [0.29, 0.717) is 5.92 Å². The van der Waals surface area contributed by atoms with E-state index in [1.54, 1.807) is 12.5 Å². The molecule has 2 N–H and O–H groups in total. The van der Waals surface area contributed by atoms with Crippen LogP contribution >= 0.6 is 0 Å². The zero-order valence-electron chi connectivity index (χ0n) is 10.3. The Morgan fingerprint density at radius 3 is 2.22 bits per heavy atom. The molecule has 0 spiro atoms. The van der Waals surface area contributed by atoms with Gasteiger partial charge in [0, 0.05) is 30.4 Å². The van der Waals surface area contributed by atoms with Gasteiger partial charge in [-0.3, -0.25) is 0 Å². The second kappa shape index (κ2) is 4.80. The molecule has 0 radical (unpaired) electrons. The number of rotatable bonds is 2. The van der Waals surface area contributed by atoms with Crippen LogP contribution < -0.4 is 10.6 Å². The molecule has 96 valence electrons. The first kappa shape index (κ1) is 11.3. The fourth-order valence-corrected chi connectivity index (χ4v) is 2.59. The molecule has 1 saturated heterocycles. The molecule has 0 atom stereocenters. The van der Waals surface area contributed by atoms with Crippen LogP contribution in [-0.4, -0.2) is 19.4 Å². The van der Waals surface area contributed by atoms with Crippen molar-refractivity contribution in [1.82, 2.24) is 0 Å². The predicted molar refractivity (Wildman–Crippen MR) is 70.9 cm³/mol. The van der Waals surface area contributed by atoms with E-state index >= 15 is 0 Å². The van der Waals surface area contributed by atoms with Crippen molar-refractivity contribution in [1.29, 1.82) is 0 Å². The Morgan fingerprint density at radius 1 is 1.00 bits per heavy atom. The van der Waals surface area contributed by atoms with Gasteiger partial charge in [-0.05, 0) is 37.1 Å². The molecule has 3 rings (SSSR count). The maximum absolute atomic E-state index is 5.70. The smallest absolute Gasteiger partial charge is 0.242 e. The average molecular weight is 246 g/mol. The standard InChI is InChI=1S/C14H18N2O2/c15-12-1-3-13(4-2-12)16-7-5-11(6-8-16)14-17-9-10-18-14/h1-4,9-11,14H,5-8,15H2. The number of piperidine rings is 1. The number of nitrogens with zero attached hydrogens (tertiary/aromatic N) is 1. The summed E-state index contributed by atoms with van der Waals surface area (Å²) in [5, 5.41) is 0. The van der Waals surface area contributed by atoms with Gasteiger partial charge >= 0.3 is 0 Å². The normalized spacial score (nSPS) is 20.8. The highest BCUT2D eigenvalue weighted by Crippen LogP contribution is 2.29. The lowest BCUT2D eigenvalue weighted by Crippen LogP contribution is -2.38. The Bertz CT molecular complexity index is 414. The minimum atomic E-state index is -0.0708. The summed E-state index contributed by atoms with van der Waals surface area (Å²) in [6.45, 7) is 2.08. The molecule has 2 aliphatic heterocycles. The van der Waals surface area contributed by atoms with Gasteiger partial charge in [-0.2, -0.15) is 0 Å². The van der Waals surface area contributed by atoms with Crippen LogP contribution in [0.3, 0.4) is 0 Å². The fourth-order valence-electron chi connectivity index (χ4n) is 2.59. The SMILES string of the molecule is Nc1ccc(N2CCC(C3OC=CO3)CC2)cc1. The lowest BCUT2D eigenvalue weighted by Gasteiger charge is -2.35. The van der Waals surface area contributed by atoms with Crippen molar-refractivity contribution < 1.29 is 9.47 Å². The van der Waals surface area contributed by atoms with Crippen LogP contribution in [0.4, 0.5) is 11.4 Å². The van der Waals surface area contributed by atoms with Gasteiger partial charge in [0.1, 0.15) is 12.5 Å². The number of ether oxygens (including phenoxy) is 2. The molecular weight excluding hydrogens is 228 g/mol. The fraction of sp³-hybridized carbons (Fsp3) is 0.429. The topological polar surface area (TPSA) is 47.7 Å². The lowest BCUT2D eigenvalue weighted by molar-refractivity contribution is -0.0728. The highest BCUT2D eigenvalue weighted by molar-refractivity contribution is 5.53. The maximum atomic E-state index is 5.70. The quantitative estimate of drug-likeness (QED) is 0.814. The zero-order valence-corrected chi connectivity index (χ0v) is 10.3. The Morgan fingerprint density at radius 2 is 1.61 bits per heavy atom. The van der Waals surface area contributed by atoms with Crippen LogP contribution in [0.15, 0.2) is 36.8 Å². The Kier molecular flexibility index (Phi) is 3.00. The molecule has 2 aliphatic rings. The molecule has 4 heteroatoms. The van der Waals surface area contributed by atoms with Crippen molar-refractivity contribution >= 4 is 11.4 Å². The highest BCUT2D eigenvalue weighted by atomic mass is 16.7. The molecule has 0 saturated carbocycles. The second-order valence-electron chi connectivity index (χ2n) is 4.83. The first-order valence-electron chi connectivity index (χ1n) is 6.39. The minimum Gasteiger partial charge on any atom is -0.459 e. The van der Waals surface area contributed by atoms with Crippen LogP contribution in [0.2, 0.25) is 0 Å². The molecule has 1 aromatic rings. The lowest BCUT2D eigenvalue weighted by atomic mass is 9.96. The molecule has 1 aromatic carbocycles. The van der Waals surface area contributed by atoms with Gasteiger partial charge in [0.25, 0.3) is 0 Å². The molecule has 0 unspecified atom stereocenters. The summed E-state index contributed by atoms with van der Waals surface area (Å²) in [7, 11) is 0. The Balaban J connectivity index is 1.57. The number of nitrogen functional groups attached to an aromatic ring is 1. The van der Waals surface area contributed by atoms with Crippen LogP contribution in [0.5, 0.6) is 0 Å². The van der Waals surface area contributed by atoms with Crippen molar-refractivity contribution in [3.05, 3.63) is 36.8 Å². The van der Waals surface area contributed by atoms with E-state index in [9.17, 15) is 0 Å². The molecule has 0 bridgehead atoms. The van der Waals surface area contributed by atoms with Crippen LogP contribution in [0, 0.1) is 5.92 Å². The summed E-state index contributed by atoms with van der Waals surface area (Å²) in [6, 6.07) is 8.07. The van der Waals surface area contributed by atoms with Gasteiger partial charge in [-0.15, -0.1) is 0 Å². The Labute approximate surface area is 107 Å². The van der Waals surface area contributed by atoms with E-state index in [-0.39, 0.29) is 6.29 Å². The maximum Gasteiger partial charge on any atom is 0.242 e. The third-order valence-electron chi connectivity index (χ3n) is 3.66. The van der Waals surface area contributed by atoms with E-state index < -0.39 is 0 Å². The second-order valence-corrected chi connectivity index (χ2v) is 4.83. The van der Waals surface area contributed by atoms with Gasteiger partial charge < -0.3 is 20.1 Å². The summed E-state index contributed by atoms with van der Waals surface area (Å²) in [5.74, 6) is 0.491. The zero-order chi connectivity index (χ0) is 12.4. The van der Waals surface area contributed by atoms with Crippen molar-refractivity contribution in [3.8, 4) is 0 Å². The van der Waals surface area contributed by atoms with Crippen molar-refractivity contribution in [3.63, 3.8) is 0 Å². The monoisotopic (exact) mass is 246 g/mol. The number of hydrogen-bond acceptors (Lipinski definition) is 4. The molecule has 2 heterocycles. The largest absolute Gasteiger partial charge is 0.459 e. The summed E-state index contributed by atoms with van der Waals surface area (Å²) < 4.78 is 10.8. The molecule has 0 aromatic heterocycles. The summed E-state index contributed by atoms with van der Waals surface area (Å²) in [6.07, 6.45) is 5.39. The molecule has 18 heavy (non-hydrogen) atoms. The van der Waals surface area contributed by atoms with Crippen molar-refractivity contribution in [2.75, 3.05) is 23.7 Å². The highest BCUT2D eigenvalue weighted by Gasteiger charge is 2.29. The number of hydrogen-bond donors (Lipinski definition) is 1. The van der Waals surface area contributed by atoms with Crippen LogP contribution in [-0.2, 0) is 9.47 Å². The van der Waals surface area contributed by atoms with Gasteiger partial charge in [-0.25, -0.2) is 0 Å². The van der Waals surface area contributed by atoms with Crippen molar-refractivity contribution in [2.24, 2.45) is 5.92 Å². The van der Waals surface area contributed by atoms with Crippen LogP contribution in [0.1, 0.15) is 12.8 Å². The van der Waals surface area contributed by atoms with Crippen LogP contribution in [0.25, 0.3) is 0 Å². The molecular formula is C14H18N2O2. The first-order chi connectivity index (χ1) is 8.83. The number of benzene rings is 1. The molecule has 4 nitrogen and oxygen atoms in total. The van der Waals surface area contributed by atoms with E-state index in [2.05, 4.69) is 17.0 Å². The average Bonchev–Trinajstić information content (AvgIpc) is 2.94. The van der Waals surface area contributed by atoms with E-state index in [4.69, 9.17) is 15.2 Å². The Hall–Kier alpha value is -1.84. The molecule has 0 amide bonds. The minimum absolute atomic E-state index is 0.0708. The van der Waals surface area contributed by atoms with E-state index in [1.165, 1.54) is 5.69 Å². The number of anilines is 2. The summed E-state index contributed by atoms with van der Waals surface area (Å²) >= 11 is 0. The van der Waals surface area contributed by atoms with Gasteiger partial charge in [-0.1, -0.05) is 0 Å². The van der Waals surface area contributed by atoms with E-state index in [1.807, 2.05) is 12.1 Å². The van der Waals surface area contributed by atoms with Gasteiger partial charge in [0.15, 0.2) is 0 Å².